The fourth-order valence-electron chi connectivity index (χ4n) is 3.52. The van der Waals surface area contributed by atoms with Crippen LogP contribution in [-0.2, 0) is 11.0 Å². The van der Waals surface area contributed by atoms with Crippen LogP contribution in [0.4, 0.5) is 33.5 Å². The van der Waals surface area contributed by atoms with Crippen LogP contribution in [0, 0.1) is 25.5 Å². The van der Waals surface area contributed by atoms with Crippen molar-refractivity contribution in [1.29, 1.82) is 0 Å². The van der Waals surface area contributed by atoms with Crippen molar-refractivity contribution in [2.45, 2.75) is 26.1 Å². The Morgan fingerprint density at radius 2 is 1.83 bits per heavy atom. The highest BCUT2D eigenvalue weighted by Crippen LogP contribution is 2.32. The van der Waals surface area contributed by atoms with Gasteiger partial charge in [-0.25, -0.2) is 23.4 Å². The summed E-state index contributed by atoms with van der Waals surface area (Å²) in [6, 6.07) is 4.76. The average Bonchev–Trinajstić information content (AvgIpc) is 3.08. The lowest BCUT2D eigenvalue weighted by Gasteiger charge is -2.15. The molecule has 0 saturated heterocycles. The van der Waals surface area contributed by atoms with Gasteiger partial charge in [0.1, 0.15) is 28.4 Å². The van der Waals surface area contributed by atoms with Crippen LogP contribution in [0.2, 0.25) is 0 Å². The van der Waals surface area contributed by atoms with Crippen LogP contribution in [0.5, 0.6) is 0 Å². The van der Waals surface area contributed by atoms with Crippen LogP contribution in [0.25, 0.3) is 16.7 Å². The van der Waals surface area contributed by atoms with Gasteiger partial charge in [0.25, 0.3) is 5.91 Å². The first kappa shape index (κ1) is 24.0. The summed E-state index contributed by atoms with van der Waals surface area (Å²) in [6.07, 6.45) is -7.03. The molecule has 1 unspecified atom stereocenters. The normalized spacial score (nSPS) is 12.7. The highest BCUT2D eigenvalue weighted by Gasteiger charge is 2.32. The smallest absolute Gasteiger partial charge is 0.382 e. The highest BCUT2D eigenvalue weighted by molar-refractivity contribution is 5.95. The summed E-state index contributed by atoms with van der Waals surface area (Å²) in [5.41, 5.74) is 5.03. The summed E-state index contributed by atoms with van der Waals surface area (Å²) in [5, 5.41) is 16.6. The first-order valence-electron chi connectivity index (χ1n) is 10.0. The van der Waals surface area contributed by atoms with E-state index < -0.39 is 40.9 Å². The number of carbonyl (C=O) groups excluding carboxylic acids is 1. The molecule has 0 radical (unpaired) electrons. The minimum atomic E-state index is -4.88. The molecule has 2 heterocycles. The number of alkyl halides is 3. The van der Waals surface area contributed by atoms with Gasteiger partial charge in [0.05, 0.1) is 11.3 Å². The number of nitrogen functional groups attached to an aromatic ring is 1. The molecule has 0 spiro atoms. The van der Waals surface area contributed by atoms with Gasteiger partial charge in [-0.2, -0.15) is 18.3 Å². The van der Waals surface area contributed by atoms with Crippen LogP contribution in [0.15, 0.2) is 36.4 Å². The number of hydrogen-bond donors (Lipinski definition) is 3. The summed E-state index contributed by atoms with van der Waals surface area (Å²) >= 11 is 0. The molecule has 2 aromatic heterocycles. The number of nitrogens with zero attached hydrogens (tertiary/aromatic N) is 4. The zero-order chi connectivity index (χ0) is 25.7. The van der Waals surface area contributed by atoms with Gasteiger partial charge < -0.3 is 16.2 Å². The number of aliphatic hydroxyl groups is 1. The number of amides is 1. The molecule has 0 bridgehead atoms. The van der Waals surface area contributed by atoms with Gasteiger partial charge in [0, 0.05) is 5.69 Å². The molecule has 35 heavy (non-hydrogen) atoms. The Hall–Kier alpha value is -4.13. The molecule has 13 heteroatoms. The van der Waals surface area contributed by atoms with E-state index in [9.17, 15) is 31.9 Å². The largest absolute Gasteiger partial charge is 0.416 e. The van der Waals surface area contributed by atoms with Crippen molar-refractivity contribution >= 4 is 28.4 Å². The SMILES string of the molecule is Cc1nc(N)c2c(n1)c(C)nn2-c1ccc(NC(=O)C(O)c2cc(F)cc(C(F)(F)F)c2)cc1F. The van der Waals surface area contributed by atoms with E-state index >= 15 is 0 Å². The number of nitrogens with one attached hydrogen (secondary N) is 1. The third-order valence-corrected chi connectivity index (χ3v) is 5.08. The number of fused-ring (bicyclic) bond motifs is 1. The van der Waals surface area contributed by atoms with Crippen molar-refractivity contribution in [3.63, 3.8) is 0 Å². The van der Waals surface area contributed by atoms with E-state index in [4.69, 9.17) is 5.73 Å². The Morgan fingerprint density at radius 1 is 1.11 bits per heavy atom. The number of aliphatic hydroxyl groups excluding tert-OH is 1. The minimum Gasteiger partial charge on any atom is -0.382 e. The molecule has 0 saturated carbocycles. The van der Waals surface area contributed by atoms with Gasteiger partial charge in [0.15, 0.2) is 17.7 Å². The second kappa shape index (κ2) is 8.58. The predicted octanol–water partition coefficient (Wildman–Crippen LogP) is 3.98. The second-order valence-corrected chi connectivity index (χ2v) is 7.68. The molecule has 4 rings (SSSR count). The molecule has 0 aliphatic heterocycles. The fourth-order valence-corrected chi connectivity index (χ4v) is 3.52. The van der Waals surface area contributed by atoms with Crippen LogP contribution in [0.3, 0.4) is 0 Å². The number of hydrogen-bond acceptors (Lipinski definition) is 6. The quantitative estimate of drug-likeness (QED) is 0.371. The average molecular weight is 492 g/mol. The molecule has 2 aromatic carbocycles. The molecular weight excluding hydrogens is 475 g/mol. The monoisotopic (exact) mass is 492 g/mol. The van der Waals surface area contributed by atoms with E-state index in [-0.39, 0.29) is 28.8 Å². The molecular formula is C22H17F5N6O2. The van der Waals surface area contributed by atoms with Crippen molar-refractivity contribution in [1.82, 2.24) is 19.7 Å². The van der Waals surface area contributed by atoms with E-state index in [1.165, 1.54) is 16.8 Å². The maximum absolute atomic E-state index is 15.0. The molecule has 1 amide bonds. The lowest BCUT2D eigenvalue weighted by Crippen LogP contribution is -2.21. The maximum Gasteiger partial charge on any atom is 0.416 e. The Labute approximate surface area is 194 Å². The van der Waals surface area contributed by atoms with E-state index in [2.05, 4.69) is 20.4 Å². The fraction of sp³-hybridized carbons (Fsp3) is 0.182. The van der Waals surface area contributed by atoms with Gasteiger partial charge in [-0.1, -0.05) is 0 Å². The summed E-state index contributed by atoms with van der Waals surface area (Å²) in [4.78, 5) is 20.7. The number of benzene rings is 2. The van der Waals surface area contributed by atoms with Gasteiger partial charge in [-0.15, -0.1) is 0 Å². The number of halogens is 5. The number of aromatic nitrogens is 4. The second-order valence-electron chi connectivity index (χ2n) is 7.68. The summed E-state index contributed by atoms with van der Waals surface area (Å²) in [6.45, 7) is 3.31. The number of aryl methyl sites for hydroxylation is 2. The molecule has 0 aliphatic carbocycles. The lowest BCUT2D eigenvalue weighted by molar-refractivity contribution is -0.138. The van der Waals surface area contributed by atoms with Crippen molar-refractivity contribution in [3.8, 4) is 5.69 Å². The van der Waals surface area contributed by atoms with Gasteiger partial charge in [-0.05, 0) is 55.8 Å². The van der Waals surface area contributed by atoms with Crippen LogP contribution >= 0.6 is 0 Å². The van der Waals surface area contributed by atoms with Crippen LogP contribution in [-0.4, -0.2) is 30.8 Å². The Balaban J connectivity index is 1.62. The van der Waals surface area contributed by atoms with Crippen molar-refractivity contribution < 1.29 is 31.9 Å². The Bertz CT molecular complexity index is 1470. The molecule has 4 aromatic rings. The molecule has 8 nitrogen and oxygen atoms in total. The van der Waals surface area contributed by atoms with Crippen molar-refractivity contribution in [2.24, 2.45) is 0 Å². The third kappa shape index (κ3) is 4.62. The van der Waals surface area contributed by atoms with Gasteiger partial charge in [-0.3, -0.25) is 4.79 Å². The van der Waals surface area contributed by atoms with Crippen LogP contribution < -0.4 is 11.1 Å². The highest BCUT2D eigenvalue weighted by atomic mass is 19.4. The summed E-state index contributed by atoms with van der Waals surface area (Å²) < 4.78 is 68.5. The number of carbonyl (C=O) groups is 1. The zero-order valence-corrected chi connectivity index (χ0v) is 18.2. The zero-order valence-electron chi connectivity index (χ0n) is 18.2. The molecule has 0 fully saturated rings. The van der Waals surface area contributed by atoms with Gasteiger partial charge in [0.2, 0.25) is 0 Å². The standard InChI is InChI=1S/C22H17F5N6O2/c1-9-17-18(20(28)30-10(2)29-17)33(32-9)16-4-3-14(8-15(16)24)31-21(35)19(34)11-5-12(22(25,26)27)7-13(23)6-11/h3-8,19,34H,1-2H3,(H,31,35)(H2,28,29,30). The maximum atomic E-state index is 15.0. The lowest BCUT2D eigenvalue weighted by atomic mass is 10.0. The van der Waals surface area contributed by atoms with Crippen molar-refractivity contribution in [3.05, 3.63) is 70.7 Å². The summed E-state index contributed by atoms with van der Waals surface area (Å²) in [5.74, 6) is -2.81. The number of rotatable bonds is 4. The Kier molecular flexibility index (Phi) is 5.88. The molecule has 4 N–H and O–H groups in total. The third-order valence-electron chi connectivity index (χ3n) is 5.08. The van der Waals surface area contributed by atoms with Crippen molar-refractivity contribution in [2.75, 3.05) is 11.1 Å². The van der Waals surface area contributed by atoms with E-state index in [1.807, 2.05) is 0 Å². The van der Waals surface area contributed by atoms with E-state index in [1.54, 1.807) is 13.8 Å². The topological polar surface area (TPSA) is 119 Å². The first-order chi connectivity index (χ1) is 16.3. The molecule has 0 aliphatic rings. The first-order valence-corrected chi connectivity index (χ1v) is 10.0. The number of anilines is 2. The summed E-state index contributed by atoms with van der Waals surface area (Å²) in [7, 11) is 0. The molecule has 182 valence electrons. The minimum absolute atomic E-state index is 0.0410. The Morgan fingerprint density at radius 3 is 2.49 bits per heavy atom. The molecule has 1 atom stereocenters. The van der Waals surface area contributed by atoms with Crippen LogP contribution in [0.1, 0.15) is 28.7 Å². The van der Waals surface area contributed by atoms with E-state index in [0.717, 1.165) is 6.07 Å². The number of nitrogens with two attached hydrogens (primary N) is 1. The predicted molar refractivity (Wildman–Crippen MR) is 115 cm³/mol. The van der Waals surface area contributed by atoms with E-state index in [0.29, 0.717) is 29.2 Å². The van der Waals surface area contributed by atoms with Gasteiger partial charge >= 0.3 is 6.18 Å².